The van der Waals surface area contributed by atoms with Crippen LogP contribution in [0.4, 0.5) is 0 Å². The summed E-state index contributed by atoms with van der Waals surface area (Å²) in [7, 11) is 0. The molecule has 0 aliphatic carbocycles. The van der Waals surface area contributed by atoms with Crippen LogP contribution in [0.5, 0.6) is 0 Å². The van der Waals surface area contributed by atoms with Crippen molar-refractivity contribution in [2.24, 2.45) is 0 Å². The van der Waals surface area contributed by atoms with Gasteiger partial charge in [-0.3, -0.25) is 4.79 Å². The van der Waals surface area contributed by atoms with Crippen LogP contribution >= 0.6 is 22.6 Å². The molecule has 0 unspecified atom stereocenters. The van der Waals surface area contributed by atoms with Crippen molar-refractivity contribution in [3.63, 3.8) is 0 Å². The summed E-state index contributed by atoms with van der Waals surface area (Å²) in [6, 6.07) is 0.376. The van der Waals surface area contributed by atoms with Crippen molar-refractivity contribution in [1.82, 2.24) is 5.32 Å². The van der Waals surface area contributed by atoms with Gasteiger partial charge in [0, 0.05) is 15.9 Å². The molecule has 10 heavy (non-hydrogen) atoms. The maximum Gasteiger partial charge on any atom is 0.220 e. The summed E-state index contributed by atoms with van der Waals surface area (Å²) >= 11 is 2.37. The van der Waals surface area contributed by atoms with Crippen molar-refractivity contribution in [3.05, 3.63) is 0 Å². The Hall–Kier alpha value is 0.200. The molecule has 0 saturated carbocycles. The summed E-state index contributed by atoms with van der Waals surface area (Å²) in [5.74, 6) is 0.203. The highest BCUT2D eigenvalue weighted by atomic mass is 127. The third-order valence-electron chi connectivity index (χ3n) is 1.82. The molecular weight excluding hydrogens is 241 g/mol. The topological polar surface area (TPSA) is 29.1 Å². The van der Waals surface area contributed by atoms with Gasteiger partial charge in [0.2, 0.25) is 5.91 Å². The van der Waals surface area contributed by atoms with Gasteiger partial charge in [0.25, 0.3) is 0 Å². The Kier molecular flexibility index (Phi) is 2.22. The van der Waals surface area contributed by atoms with Crippen LogP contribution in [0, 0.1) is 0 Å². The summed E-state index contributed by atoms with van der Waals surface area (Å²) < 4.78 is 0.198. The first-order chi connectivity index (χ1) is 4.50. The van der Waals surface area contributed by atoms with Crippen LogP contribution in [-0.4, -0.2) is 15.4 Å². The Morgan fingerprint density at radius 2 is 2.30 bits per heavy atom. The molecule has 0 aromatic carbocycles. The largest absolute Gasteiger partial charge is 0.352 e. The average Bonchev–Trinajstić information content (AvgIpc) is 2.11. The Bertz CT molecular complexity index is 150. The second kappa shape index (κ2) is 2.68. The maximum absolute atomic E-state index is 10.8. The summed E-state index contributed by atoms with van der Waals surface area (Å²) in [5, 5.41) is 2.95. The van der Waals surface area contributed by atoms with Crippen LogP contribution in [0.1, 0.15) is 26.7 Å². The SMILES string of the molecule is CC(C)(I)[C@H]1CCC(=O)N1. The molecule has 1 heterocycles. The molecule has 1 N–H and O–H groups in total. The van der Waals surface area contributed by atoms with Crippen molar-refractivity contribution in [3.8, 4) is 0 Å². The van der Waals surface area contributed by atoms with E-state index in [0.29, 0.717) is 12.5 Å². The van der Waals surface area contributed by atoms with Gasteiger partial charge in [0.15, 0.2) is 0 Å². The van der Waals surface area contributed by atoms with Gasteiger partial charge < -0.3 is 5.32 Å². The quantitative estimate of drug-likeness (QED) is 0.556. The van der Waals surface area contributed by atoms with Crippen molar-refractivity contribution in [1.29, 1.82) is 0 Å². The first-order valence-electron chi connectivity index (χ1n) is 3.48. The van der Waals surface area contributed by atoms with Gasteiger partial charge >= 0.3 is 0 Å². The number of amides is 1. The van der Waals surface area contributed by atoms with E-state index in [4.69, 9.17) is 0 Å². The number of alkyl halides is 1. The highest BCUT2D eigenvalue weighted by molar-refractivity contribution is 14.1. The van der Waals surface area contributed by atoms with E-state index in [2.05, 4.69) is 41.8 Å². The third-order valence-corrected chi connectivity index (χ3v) is 2.58. The van der Waals surface area contributed by atoms with Gasteiger partial charge in [-0.15, -0.1) is 0 Å². The smallest absolute Gasteiger partial charge is 0.220 e. The van der Waals surface area contributed by atoms with E-state index in [1.165, 1.54) is 0 Å². The predicted molar refractivity (Wildman–Crippen MR) is 49.3 cm³/mol. The standard InChI is InChI=1S/C7H12INO/c1-7(2,8)5-3-4-6(10)9-5/h5H,3-4H2,1-2H3,(H,9,10)/t5-/m1/s1. The van der Waals surface area contributed by atoms with E-state index in [-0.39, 0.29) is 9.33 Å². The lowest BCUT2D eigenvalue weighted by molar-refractivity contribution is -0.119. The molecule has 1 fully saturated rings. The van der Waals surface area contributed by atoms with E-state index in [1.54, 1.807) is 0 Å². The highest BCUT2D eigenvalue weighted by Gasteiger charge is 2.32. The zero-order valence-corrected chi connectivity index (χ0v) is 8.44. The maximum atomic E-state index is 10.8. The zero-order valence-electron chi connectivity index (χ0n) is 6.28. The van der Waals surface area contributed by atoms with Gasteiger partial charge in [0.1, 0.15) is 0 Å². The predicted octanol–water partition coefficient (Wildman–Crippen LogP) is 1.48. The van der Waals surface area contributed by atoms with E-state index in [0.717, 1.165) is 6.42 Å². The first-order valence-corrected chi connectivity index (χ1v) is 4.56. The number of hydrogen-bond acceptors (Lipinski definition) is 1. The lowest BCUT2D eigenvalue weighted by atomic mass is 10.0. The normalized spacial score (nSPS) is 26.7. The minimum absolute atomic E-state index is 0.198. The Morgan fingerprint density at radius 1 is 1.70 bits per heavy atom. The molecule has 2 nitrogen and oxygen atoms in total. The fourth-order valence-corrected chi connectivity index (χ4v) is 1.60. The Balaban J connectivity index is 2.53. The minimum atomic E-state index is 0.198. The molecule has 0 aromatic heterocycles. The summed E-state index contributed by atoms with van der Waals surface area (Å²) in [6.45, 7) is 4.29. The zero-order chi connectivity index (χ0) is 7.78. The fourth-order valence-electron chi connectivity index (χ4n) is 1.13. The van der Waals surface area contributed by atoms with Crippen molar-refractivity contribution >= 4 is 28.5 Å². The second-order valence-electron chi connectivity index (χ2n) is 3.22. The monoisotopic (exact) mass is 253 g/mol. The van der Waals surface area contributed by atoms with Crippen LogP contribution in [0.15, 0.2) is 0 Å². The molecule has 1 rings (SSSR count). The second-order valence-corrected chi connectivity index (χ2v) is 6.00. The molecule has 1 saturated heterocycles. The number of rotatable bonds is 1. The summed E-state index contributed by atoms with van der Waals surface area (Å²) in [6.07, 6.45) is 1.70. The van der Waals surface area contributed by atoms with E-state index >= 15 is 0 Å². The average molecular weight is 253 g/mol. The highest BCUT2D eigenvalue weighted by Crippen LogP contribution is 2.27. The van der Waals surface area contributed by atoms with E-state index in [1.807, 2.05) is 0 Å². The summed E-state index contributed by atoms with van der Waals surface area (Å²) in [4.78, 5) is 10.8. The van der Waals surface area contributed by atoms with Crippen molar-refractivity contribution in [2.75, 3.05) is 0 Å². The lowest BCUT2D eigenvalue weighted by Gasteiger charge is -2.24. The van der Waals surface area contributed by atoms with Crippen LogP contribution in [0.25, 0.3) is 0 Å². The van der Waals surface area contributed by atoms with Crippen LogP contribution in [-0.2, 0) is 4.79 Å². The van der Waals surface area contributed by atoms with Crippen molar-refractivity contribution in [2.45, 2.75) is 36.2 Å². The molecule has 0 radical (unpaired) electrons. The van der Waals surface area contributed by atoms with Crippen LogP contribution < -0.4 is 5.32 Å². The molecule has 3 heteroatoms. The molecule has 1 amide bonds. The number of nitrogens with one attached hydrogen (secondary N) is 1. The van der Waals surface area contributed by atoms with Gasteiger partial charge in [-0.1, -0.05) is 22.6 Å². The molecule has 0 aromatic rings. The number of halogens is 1. The lowest BCUT2D eigenvalue weighted by Crippen LogP contribution is -2.39. The molecule has 58 valence electrons. The van der Waals surface area contributed by atoms with Crippen molar-refractivity contribution < 1.29 is 4.79 Å². The van der Waals surface area contributed by atoms with Gasteiger partial charge in [0.05, 0.1) is 0 Å². The number of hydrogen-bond donors (Lipinski definition) is 1. The van der Waals surface area contributed by atoms with Gasteiger partial charge in [-0.2, -0.15) is 0 Å². The molecule has 1 aliphatic rings. The van der Waals surface area contributed by atoms with Gasteiger partial charge in [-0.25, -0.2) is 0 Å². The molecule has 0 bridgehead atoms. The van der Waals surface area contributed by atoms with Gasteiger partial charge in [-0.05, 0) is 20.3 Å². The van der Waals surface area contributed by atoms with Crippen LogP contribution in [0.3, 0.4) is 0 Å². The molecular formula is C7H12INO. The van der Waals surface area contributed by atoms with Crippen LogP contribution in [0.2, 0.25) is 0 Å². The molecule has 1 aliphatic heterocycles. The van der Waals surface area contributed by atoms with E-state index in [9.17, 15) is 4.79 Å². The Labute approximate surface area is 74.9 Å². The molecule has 0 spiro atoms. The first kappa shape index (κ1) is 8.30. The molecule has 1 atom stereocenters. The Morgan fingerprint density at radius 3 is 2.50 bits per heavy atom. The number of carbonyl (C=O) groups excluding carboxylic acids is 1. The third kappa shape index (κ3) is 1.84. The number of carbonyl (C=O) groups is 1. The minimum Gasteiger partial charge on any atom is -0.352 e. The van der Waals surface area contributed by atoms with E-state index < -0.39 is 0 Å². The summed E-state index contributed by atoms with van der Waals surface area (Å²) in [5.41, 5.74) is 0. The fraction of sp³-hybridized carbons (Fsp3) is 0.857.